The van der Waals surface area contributed by atoms with Gasteiger partial charge < -0.3 is 14.8 Å². The van der Waals surface area contributed by atoms with E-state index in [1.165, 1.54) is 18.9 Å². The summed E-state index contributed by atoms with van der Waals surface area (Å²) in [5.41, 5.74) is 1.04. The van der Waals surface area contributed by atoms with Crippen LogP contribution in [0, 0.1) is 11.7 Å². The lowest BCUT2D eigenvalue weighted by molar-refractivity contribution is -0.136. The van der Waals surface area contributed by atoms with Crippen LogP contribution in [0.15, 0.2) is 24.3 Å². The van der Waals surface area contributed by atoms with E-state index in [9.17, 15) is 14.0 Å². The molecule has 1 aromatic heterocycles. The normalized spacial score (nSPS) is 19.3. The molecule has 0 aliphatic carbocycles. The molecule has 3 heterocycles. The predicted octanol–water partition coefficient (Wildman–Crippen LogP) is 3.56. The maximum atomic E-state index is 13.9. The Bertz CT molecular complexity index is 831. The Kier molecular flexibility index (Phi) is 5.14. The van der Waals surface area contributed by atoms with E-state index in [-0.39, 0.29) is 23.5 Å². The second-order valence-electron chi connectivity index (χ2n) is 7.69. The Morgan fingerprint density at radius 1 is 0.963 bits per heavy atom. The molecule has 2 aliphatic rings. The Labute approximate surface area is 158 Å². The zero-order chi connectivity index (χ0) is 18.8. The molecule has 0 saturated carbocycles. The zero-order valence-corrected chi connectivity index (χ0v) is 15.5. The summed E-state index contributed by atoms with van der Waals surface area (Å²) in [5, 5.41) is 0.437. The van der Waals surface area contributed by atoms with Gasteiger partial charge in [-0.25, -0.2) is 4.39 Å². The number of rotatable bonds is 2. The van der Waals surface area contributed by atoms with Crippen LogP contribution in [0.2, 0.25) is 0 Å². The standard InChI is InChI=1S/C21H26FN3O2/c22-17-6-5-7-18-16(17)14-19(23-18)21(27)25-12-8-15(9-13-25)20(26)24-10-3-1-2-4-11-24/h5-7,14-15,23H,1-4,8-13H2. The molecule has 2 fully saturated rings. The highest BCUT2D eigenvalue weighted by Gasteiger charge is 2.31. The minimum atomic E-state index is -0.329. The molecular weight excluding hydrogens is 345 g/mol. The summed E-state index contributed by atoms with van der Waals surface area (Å²) < 4.78 is 13.9. The number of aromatic nitrogens is 1. The number of nitrogens with one attached hydrogen (secondary N) is 1. The van der Waals surface area contributed by atoms with Crippen LogP contribution in [0.3, 0.4) is 0 Å². The van der Waals surface area contributed by atoms with Crippen LogP contribution < -0.4 is 0 Å². The van der Waals surface area contributed by atoms with E-state index < -0.39 is 0 Å². The van der Waals surface area contributed by atoms with Crippen molar-refractivity contribution in [2.45, 2.75) is 38.5 Å². The first-order chi connectivity index (χ1) is 13.1. The number of likely N-dealkylation sites (tertiary alicyclic amines) is 2. The fourth-order valence-corrected chi connectivity index (χ4v) is 4.28. The van der Waals surface area contributed by atoms with Gasteiger partial charge in [0.05, 0.1) is 0 Å². The van der Waals surface area contributed by atoms with Crippen molar-refractivity contribution in [1.82, 2.24) is 14.8 Å². The molecule has 0 atom stereocenters. The van der Waals surface area contributed by atoms with Gasteiger partial charge in [0, 0.05) is 43.0 Å². The van der Waals surface area contributed by atoms with Crippen molar-refractivity contribution in [3.8, 4) is 0 Å². The average molecular weight is 371 g/mol. The number of H-pyrrole nitrogens is 1. The quantitative estimate of drug-likeness (QED) is 0.878. The summed E-state index contributed by atoms with van der Waals surface area (Å²) in [6.45, 7) is 2.89. The predicted molar refractivity (Wildman–Crippen MR) is 102 cm³/mol. The fraction of sp³-hybridized carbons (Fsp3) is 0.524. The van der Waals surface area contributed by atoms with Crippen molar-refractivity contribution in [1.29, 1.82) is 0 Å². The van der Waals surface area contributed by atoms with E-state index in [1.807, 2.05) is 4.90 Å². The molecule has 1 N–H and O–H groups in total. The van der Waals surface area contributed by atoms with Crippen molar-refractivity contribution < 1.29 is 14.0 Å². The van der Waals surface area contributed by atoms with Crippen LogP contribution in [0.25, 0.3) is 10.9 Å². The van der Waals surface area contributed by atoms with Crippen molar-refractivity contribution in [3.63, 3.8) is 0 Å². The van der Waals surface area contributed by atoms with Gasteiger partial charge >= 0.3 is 0 Å². The molecular formula is C21H26FN3O2. The first kappa shape index (κ1) is 18.0. The maximum absolute atomic E-state index is 13.9. The molecule has 2 amide bonds. The Hall–Kier alpha value is -2.37. The minimum Gasteiger partial charge on any atom is -0.350 e. The highest BCUT2D eigenvalue weighted by Crippen LogP contribution is 2.24. The molecule has 4 rings (SSSR count). The van der Waals surface area contributed by atoms with Crippen LogP contribution in [-0.2, 0) is 4.79 Å². The van der Waals surface area contributed by atoms with Gasteiger partial charge in [0.2, 0.25) is 5.91 Å². The number of carbonyl (C=O) groups is 2. The summed E-state index contributed by atoms with van der Waals surface area (Å²) in [7, 11) is 0. The Morgan fingerprint density at radius 3 is 2.33 bits per heavy atom. The molecule has 27 heavy (non-hydrogen) atoms. The maximum Gasteiger partial charge on any atom is 0.270 e. The molecule has 0 spiro atoms. The number of nitrogens with zero attached hydrogens (tertiary/aromatic N) is 2. The number of fused-ring (bicyclic) bond motifs is 1. The van der Waals surface area contributed by atoms with Gasteiger partial charge in [0.15, 0.2) is 0 Å². The molecule has 2 aromatic rings. The smallest absolute Gasteiger partial charge is 0.270 e. The number of hydrogen-bond donors (Lipinski definition) is 1. The van der Waals surface area contributed by atoms with E-state index in [0.717, 1.165) is 25.9 Å². The third-order valence-corrected chi connectivity index (χ3v) is 5.89. The van der Waals surface area contributed by atoms with E-state index in [1.54, 1.807) is 23.1 Å². The monoisotopic (exact) mass is 371 g/mol. The Balaban J connectivity index is 1.38. The van der Waals surface area contributed by atoms with E-state index in [2.05, 4.69) is 4.98 Å². The second kappa shape index (κ2) is 7.71. The highest BCUT2D eigenvalue weighted by atomic mass is 19.1. The van der Waals surface area contributed by atoms with Crippen LogP contribution >= 0.6 is 0 Å². The molecule has 0 unspecified atom stereocenters. The van der Waals surface area contributed by atoms with Crippen LogP contribution in [0.5, 0.6) is 0 Å². The van der Waals surface area contributed by atoms with E-state index in [0.29, 0.717) is 42.5 Å². The van der Waals surface area contributed by atoms with Gasteiger partial charge in [-0.2, -0.15) is 0 Å². The molecule has 2 aliphatic heterocycles. The number of piperidine rings is 1. The highest BCUT2D eigenvalue weighted by molar-refractivity contribution is 5.98. The largest absolute Gasteiger partial charge is 0.350 e. The fourth-order valence-electron chi connectivity index (χ4n) is 4.28. The lowest BCUT2D eigenvalue weighted by atomic mass is 9.95. The van der Waals surface area contributed by atoms with Crippen molar-refractivity contribution in [2.24, 2.45) is 5.92 Å². The number of aromatic amines is 1. The van der Waals surface area contributed by atoms with Crippen LogP contribution in [-0.4, -0.2) is 52.8 Å². The van der Waals surface area contributed by atoms with Gasteiger partial charge in [-0.15, -0.1) is 0 Å². The van der Waals surface area contributed by atoms with E-state index in [4.69, 9.17) is 0 Å². The molecule has 2 saturated heterocycles. The summed E-state index contributed by atoms with van der Waals surface area (Å²) >= 11 is 0. The molecule has 1 aromatic carbocycles. The molecule has 0 radical (unpaired) electrons. The van der Waals surface area contributed by atoms with Crippen LogP contribution in [0.1, 0.15) is 49.0 Å². The van der Waals surface area contributed by atoms with E-state index >= 15 is 0 Å². The zero-order valence-electron chi connectivity index (χ0n) is 15.5. The summed E-state index contributed by atoms with van der Waals surface area (Å²) in [6, 6.07) is 6.37. The van der Waals surface area contributed by atoms with Gasteiger partial charge in [0.1, 0.15) is 11.5 Å². The van der Waals surface area contributed by atoms with Crippen molar-refractivity contribution in [3.05, 3.63) is 35.8 Å². The number of halogens is 1. The third kappa shape index (κ3) is 3.70. The van der Waals surface area contributed by atoms with Gasteiger partial charge in [-0.3, -0.25) is 9.59 Å². The first-order valence-electron chi connectivity index (χ1n) is 9.99. The molecule has 144 valence electrons. The lowest BCUT2D eigenvalue weighted by Gasteiger charge is -2.33. The molecule has 5 nitrogen and oxygen atoms in total. The second-order valence-corrected chi connectivity index (χ2v) is 7.69. The molecule has 6 heteroatoms. The average Bonchev–Trinajstić information content (AvgIpc) is 2.95. The molecule has 0 bridgehead atoms. The van der Waals surface area contributed by atoms with Crippen molar-refractivity contribution in [2.75, 3.05) is 26.2 Å². The summed E-state index contributed by atoms with van der Waals surface area (Å²) in [6.07, 6.45) is 6.02. The minimum absolute atomic E-state index is 0.0207. The van der Waals surface area contributed by atoms with Crippen molar-refractivity contribution >= 4 is 22.7 Å². The summed E-state index contributed by atoms with van der Waals surface area (Å²) in [5.74, 6) is -0.167. The topological polar surface area (TPSA) is 56.4 Å². The number of amides is 2. The third-order valence-electron chi connectivity index (χ3n) is 5.89. The SMILES string of the molecule is O=C(c1cc2c(F)cccc2[nH]1)N1CCC(C(=O)N2CCCCCC2)CC1. The van der Waals surface area contributed by atoms with Crippen LogP contribution in [0.4, 0.5) is 4.39 Å². The van der Waals surface area contributed by atoms with Gasteiger partial charge in [-0.1, -0.05) is 18.9 Å². The lowest BCUT2D eigenvalue weighted by Crippen LogP contribution is -2.44. The van der Waals surface area contributed by atoms with Gasteiger partial charge in [-0.05, 0) is 43.9 Å². The number of hydrogen-bond acceptors (Lipinski definition) is 2. The Morgan fingerprint density at radius 2 is 1.67 bits per heavy atom. The first-order valence-corrected chi connectivity index (χ1v) is 9.99. The number of carbonyl (C=O) groups excluding carboxylic acids is 2. The van der Waals surface area contributed by atoms with Gasteiger partial charge in [0.25, 0.3) is 5.91 Å². The number of benzene rings is 1. The summed E-state index contributed by atoms with van der Waals surface area (Å²) in [4.78, 5) is 32.4.